The summed E-state index contributed by atoms with van der Waals surface area (Å²) < 4.78 is 1.60. The van der Waals surface area contributed by atoms with Crippen LogP contribution in [0.5, 0.6) is 0 Å². The minimum absolute atomic E-state index is 0.00338. The summed E-state index contributed by atoms with van der Waals surface area (Å²) in [5.41, 5.74) is 10.4. The second-order valence-corrected chi connectivity index (χ2v) is 9.61. The predicted molar refractivity (Wildman–Crippen MR) is 139 cm³/mol. The second-order valence-electron chi connectivity index (χ2n) is 9.61. The van der Waals surface area contributed by atoms with Gasteiger partial charge >= 0.3 is 0 Å². The van der Waals surface area contributed by atoms with Gasteiger partial charge in [0.2, 0.25) is 5.82 Å². The van der Waals surface area contributed by atoms with Crippen LogP contribution in [0.2, 0.25) is 0 Å². The number of aromatic nitrogens is 3. The standard InChI is InChI=1S/C29H30N4O3/c1-19-31-28(27(30)35)32-33(19)25-14-6-21(7-15-25)18-20-4-8-22(9-5-20)23-10-12-24(13-11-23)26(34)16-17-29(2,3)36/h4-15,36H,16-18H2,1-3H3,(H2,30,35). The predicted octanol–water partition coefficient (Wildman–Crippen LogP) is 4.67. The molecule has 0 saturated carbocycles. The van der Waals surface area contributed by atoms with Crippen LogP contribution < -0.4 is 5.73 Å². The molecule has 0 aliphatic heterocycles. The fourth-order valence-corrected chi connectivity index (χ4v) is 3.96. The Bertz CT molecular complexity index is 1360. The van der Waals surface area contributed by atoms with Crippen molar-refractivity contribution in [1.82, 2.24) is 14.8 Å². The molecule has 7 heteroatoms. The Morgan fingerprint density at radius 1 is 0.889 bits per heavy atom. The maximum atomic E-state index is 12.4. The number of nitrogens with two attached hydrogens (primary N) is 1. The van der Waals surface area contributed by atoms with Gasteiger partial charge in [0, 0.05) is 12.0 Å². The van der Waals surface area contributed by atoms with Crippen LogP contribution in [0.1, 0.15) is 64.6 Å². The van der Waals surface area contributed by atoms with Gasteiger partial charge in [-0.15, -0.1) is 5.10 Å². The van der Waals surface area contributed by atoms with Crippen LogP contribution in [-0.4, -0.2) is 37.2 Å². The van der Waals surface area contributed by atoms with E-state index >= 15 is 0 Å². The number of hydrogen-bond acceptors (Lipinski definition) is 5. The number of aliphatic hydroxyl groups is 1. The van der Waals surface area contributed by atoms with Crippen LogP contribution in [0, 0.1) is 6.92 Å². The number of Topliss-reactive ketones (excluding diaryl/α,β-unsaturated/α-hetero) is 1. The van der Waals surface area contributed by atoms with Gasteiger partial charge in [-0.25, -0.2) is 9.67 Å². The third-order valence-corrected chi connectivity index (χ3v) is 6.04. The van der Waals surface area contributed by atoms with E-state index in [-0.39, 0.29) is 11.6 Å². The van der Waals surface area contributed by atoms with Crippen molar-refractivity contribution in [1.29, 1.82) is 0 Å². The van der Waals surface area contributed by atoms with Crippen molar-refractivity contribution < 1.29 is 14.7 Å². The van der Waals surface area contributed by atoms with Crippen LogP contribution in [0.15, 0.2) is 72.8 Å². The van der Waals surface area contributed by atoms with Crippen LogP contribution in [0.25, 0.3) is 16.8 Å². The minimum Gasteiger partial charge on any atom is -0.390 e. The molecule has 36 heavy (non-hydrogen) atoms. The highest BCUT2D eigenvalue weighted by molar-refractivity contribution is 5.96. The Hall–Kier alpha value is -4.10. The SMILES string of the molecule is Cc1nc(C(N)=O)nn1-c1ccc(Cc2ccc(-c3ccc(C(=O)CCC(C)(C)O)cc3)cc2)cc1. The van der Waals surface area contributed by atoms with Crippen molar-refractivity contribution >= 4 is 11.7 Å². The lowest BCUT2D eigenvalue weighted by molar-refractivity contribution is 0.0633. The molecule has 0 bridgehead atoms. The smallest absolute Gasteiger partial charge is 0.288 e. The zero-order chi connectivity index (χ0) is 25.9. The number of rotatable bonds is 9. The molecule has 7 nitrogen and oxygen atoms in total. The van der Waals surface area contributed by atoms with Crippen molar-refractivity contribution in [2.75, 3.05) is 0 Å². The maximum Gasteiger partial charge on any atom is 0.288 e. The summed E-state index contributed by atoms with van der Waals surface area (Å²) in [5.74, 6) is -0.0110. The monoisotopic (exact) mass is 482 g/mol. The van der Waals surface area contributed by atoms with Gasteiger partial charge in [-0.3, -0.25) is 9.59 Å². The first kappa shape index (κ1) is 25.0. The van der Waals surface area contributed by atoms with Gasteiger partial charge in [-0.2, -0.15) is 0 Å². The van der Waals surface area contributed by atoms with Crippen molar-refractivity contribution in [3.05, 3.63) is 101 Å². The molecule has 4 rings (SSSR count). The summed E-state index contributed by atoms with van der Waals surface area (Å²) in [6.07, 6.45) is 1.54. The number of nitrogens with zero attached hydrogens (tertiary/aromatic N) is 3. The van der Waals surface area contributed by atoms with Gasteiger partial charge in [0.15, 0.2) is 5.78 Å². The quantitative estimate of drug-likeness (QED) is 0.337. The van der Waals surface area contributed by atoms with Crippen molar-refractivity contribution in [2.24, 2.45) is 5.73 Å². The highest BCUT2D eigenvalue weighted by atomic mass is 16.3. The Morgan fingerprint density at radius 3 is 1.92 bits per heavy atom. The van der Waals surface area contributed by atoms with Gasteiger partial charge < -0.3 is 10.8 Å². The molecule has 0 spiro atoms. The Morgan fingerprint density at radius 2 is 1.42 bits per heavy atom. The number of primary amides is 1. The molecule has 1 heterocycles. The maximum absolute atomic E-state index is 12.4. The number of amides is 1. The molecule has 0 aliphatic rings. The fraction of sp³-hybridized carbons (Fsp3) is 0.241. The number of carbonyl (C=O) groups is 2. The Labute approximate surface area is 210 Å². The Balaban J connectivity index is 1.40. The largest absolute Gasteiger partial charge is 0.390 e. The molecule has 0 aliphatic carbocycles. The lowest BCUT2D eigenvalue weighted by atomic mass is 9.96. The van der Waals surface area contributed by atoms with Crippen LogP contribution in [0.3, 0.4) is 0 Å². The summed E-state index contributed by atoms with van der Waals surface area (Å²) in [5, 5.41) is 14.0. The highest BCUT2D eigenvalue weighted by Crippen LogP contribution is 2.23. The molecule has 4 aromatic rings. The van der Waals surface area contributed by atoms with Crippen molar-refractivity contribution in [3.63, 3.8) is 0 Å². The first-order chi connectivity index (χ1) is 17.1. The van der Waals surface area contributed by atoms with E-state index in [4.69, 9.17) is 5.73 Å². The summed E-state index contributed by atoms with van der Waals surface area (Å²) in [6, 6.07) is 23.9. The normalized spacial score (nSPS) is 11.4. The van der Waals surface area contributed by atoms with Crippen molar-refractivity contribution in [2.45, 2.75) is 45.6 Å². The third-order valence-electron chi connectivity index (χ3n) is 6.04. The highest BCUT2D eigenvalue weighted by Gasteiger charge is 2.16. The summed E-state index contributed by atoms with van der Waals surface area (Å²) in [7, 11) is 0. The second kappa shape index (κ2) is 10.3. The lowest BCUT2D eigenvalue weighted by Crippen LogP contribution is -2.19. The molecule has 0 radical (unpaired) electrons. The zero-order valence-electron chi connectivity index (χ0n) is 20.7. The molecule has 184 valence electrons. The van der Waals surface area contributed by atoms with E-state index in [1.807, 2.05) is 48.5 Å². The lowest BCUT2D eigenvalue weighted by Gasteiger charge is -2.15. The van der Waals surface area contributed by atoms with Crippen molar-refractivity contribution in [3.8, 4) is 16.8 Å². The van der Waals surface area contributed by atoms with E-state index < -0.39 is 11.5 Å². The summed E-state index contributed by atoms with van der Waals surface area (Å²) in [6.45, 7) is 5.20. The van der Waals surface area contributed by atoms with E-state index in [1.54, 1.807) is 25.5 Å². The van der Waals surface area contributed by atoms with E-state index in [9.17, 15) is 14.7 Å². The minimum atomic E-state index is -0.841. The van der Waals surface area contributed by atoms with Gasteiger partial charge in [0.05, 0.1) is 11.3 Å². The summed E-state index contributed by atoms with van der Waals surface area (Å²) >= 11 is 0. The molecule has 3 aromatic carbocycles. The average molecular weight is 483 g/mol. The van der Waals surface area contributed by atoms with Gasteiger partial charge in [-0.1, -0.05) is 60.7 Å². The van der Waals surface area contributed by atoms with Gasteiger partial charge in [0.1, 0.15) is 5.82 Å². The topological polar surface area (TPSA) is 111 Å². The average Bonchev–Trinajstić information content (AvgIpc) is 3.25. The molecule has 0 unspecified atom stereocenters. The van der Waals surface area contributed by atoms with Crippen LogP contribution in [-0.2, 0) is 6.42 Å². The van der Waals surface area contributed by atoms with Gasteiger partial charge in [-0.05, 0) is 68.0 Å². The van der Waals surface area contributed by atoms with Gasteiger partial charge in [0.25, 0.3) is 5.91 Å². The molecule has 0 atom stereocenters. The van der Waals surface area contributed by atoms with E-state index in [1.165, 1.54) is 5.56 Å². The van der Waals surface area contributed by atoms with Crippen LogP contribution >= 0.6 is 0 Å². The van der Waals surface area contributed by atoms with Crippen LogP contribution in [0.4, 0.5) is 0 Å². The fourth-order valence-electron chi connectivity index (χ4n) is 3.96. The number of hydrogen-bond donors (Lipinski definition) is 2. The summed E-state index contributed by atoms with van der Waals surface area (Å²) in [4.78, 5) is 27.8. The number of carbonyl (C=O) groups excluding carboxylic acids is 2. The molecule has 3 N–H and O–H groups in total. The first-order valence-corrected chi connectivity index (χ1v) is 11.9. The molecule has 0 saturated heterocycles. The Kier molecular flexibility index (Phi) is 7.12. The molecular formula is C29H30N4O3. The number of aryl methyl sites for hydroxylation is 1. The van der Waals surface area contributed by atoms with E-state index in [0.717, 1.165) is 28.8 Å². The molecule has 1 amide bonds. The molecule has 1 aromatic heterocycles. The first-order valence-electron chi connectivity index (χ1n) is 11.9. The van der Waals surface area contributed by atoms with E-state index in [2.05, 4.69) is 34.3 Å². The third kappa shape index (κ3) is 6.12. The molecule has 0 fully saturated rings. The van der Waals surface area contributed by atoms with E-state index in [0.29, 0.717) is 24.2 Å². The number of ketones is 1. The zero-order valence-corrected chi connectivity index (χ0v) is 20.7. The molecular weight excluding hydrogens is 452 g/mol. The number of benzene rings is 3.